The summed E-state index contributed by atoms with van der Waals surface area (Å²) in [5.74, 6) is -4.23. The van der Waals surface area contributed by atoms with Crippen LogP contribution in [-0.4, -0.2) is 30.3 Å². The molecule has 0 aromatic heterocycles. The Bertz CT molecular complexity index is 392. The van der Waals surface area contributed by atoms with Crippen LogP contribution in [-0.2, 0) is 4.79 Å². The molecule has 0 amide bonds. The topological polar surface area (TPSA) is 40.5 Å². The first-order chi connectivity index (χ1) is 8.36. The van der Waals surface area contributed by atoms with Crippen molar-refractivity contribution in [3.63, 3.8) is 0 Å². The van der Waals surface area contributed by atoms with Gasteiger partial charge in [0.15, 0.2) is 5.92 Å². The second-order valence-corrected chi connectivity index (χ2v) is 3.81. The molecule has 0 fully saturated rings. The van der Waals surface area contributed by atoms with Crippen LogP contribution < -0.4 is 4.90 Å². The second kappa shape index (κ2) is 5.75. The summed E-state index contributed by atoms with van der Waals surface area (Å²) in [4.78, 5) is 12.1. The Kier molecular flexibility index (Phi) is 4.58. The third-order valence-electron chi connectivity index (χ3n) is 2.60. The average Bonchev–Trinajstić information content (AvgIpc) is 2.29. The molecule has 0 saturated carbocycles. The van der Waals surface area contributed by atoms with E-state index in [0.29, 0.717) is 12.2 Å². The number of carboxylic acids is 1. The van der Waals surface area contributed by atoms with E-state index in [2.05, 4.69) is 0 Å². The number of carboxylic acid groups (broad SMARTS) is 1. The highest BCUT2D eigenvalue weighted by atomic mass is 19.4. The third kappa shape index (κ3) is 3.65. The van der Waals surface area contributed by atoms with E-state index in [-0.39, 0.29) is 0 Å². The summed E-state index contributed by atoms with van der Waals surface area (Å²) < 4.78 is 37.7. The molecule has 0 aliphatic heterocycles. The smallest absolute Gasteiger partial charge is 0.403 e. The maximum absolute atomic E-state index is 12.6. The van der Waals surface area contributed by atoms with Crippen LogP contribution in [0.3, 0.4) is 0 Å². The lowest BCUT2D eigenvalue weighted by molar-refractivity contribution is -0.191. The SMILES string of the molecule is CCN(CC(C(=O)O)C(F)(F)F)c1ccccc1. The fourth-order valence-electron chi connectivity index (χ4n) is 1.60. The summed E-state index contributed by atoms with van der Waals surface area (Å²) in [6.45, 7) is 1.41. The van der Waals surface area contributed by atoms with Crippen molar-refractivity contribution in [2.75, 3.05) is 18.0 Å². The van der Waals surface area contributed by atoms with Crippen molar-refractivity contribution >= 4 is 11.7 Å². The minimum Gasteiger partial charge on any atom is -0.481 e. The monoisotopic (exact) mass is 261 g/mol. The van der Waals surface area contributed by atoms with Crippen LogP contribution in [0.25, 0.3) is 0 Å². The van der Waals surface area contributed by atoms with Crippen LogP contribution in [0.1, 0.15) is 6.92 Å². The molecule has 18 heavy (non-hydrogen) atoms. The van der Waals surface area contributed by atoms with Gasteiger partial charge in [-0.1, -0.05) is 18.2 Å². The fraction of sp³-hybridized carbons (Fsp3) is 0.417. The van der Waals surface area contributed by atoms with Gasteiger partial charge in [-0.2, -0.15) is 13.2 Å². The largest absolute Gasteiger partial charge is 0.481 e. The molecule has 1 N–H and O–H groups in total. The van der Waals surface area contributed by atoms with Crippen molar-refractivity contribution in [2.24, 2.45) is 5.92 Å². The van der Waals surface area contributed by atoms with E-state index in [9.17, 15) is 18.0 Å². The Morgan fingerprint density at radius 1 is 1.33 bits per heavy atom. The van der Waals surface area contributed by atoms with Gasteiger partial charge in [0.1, 0.15) is 0 Å². The van der Waals surface area contributed by atoms with Gasteiger partial charge in [0.25, 0.3) is 0 Å². The molecule has 3 nitrogen and oxygen atoms in total. The third-order valence-corrected chi connectivity index (χ3v) is 2.60. The molecule has 1 aromatic rings. The first-order valence-electron chi connectivity index (χ1n) is 5.45. The van der Waals surface area contributed by atoms with Gasteiger partial charge in [-0.25, -0.2) is 0 Å². The summed E-state index contributed by atoms with van der Waals surface area (Å²) >= 11 is 0. The van der Waals surface area contributed by atoms with Crippen LogP contribution in [0.15, 0.2) is 30.3 Å². The molecule has 0 saturated heterocycles. The first kappa shape index (κ1) is 14.3. The van der Waals surface area contributed by atoms with E-state index < -0.39 is 24.6 Å². The van der Waals surface area contributed by atoms with Gasteiger partial charge in [0.05, 0.1) is 0 Å². The lowest BCUT2D eigenvalue weighted by Gasteiger charge is -2.27. The van der Waals surface area contributed by atoms with Gasteiger partial charge in [0, 0.05) is 18.8 Å². The molecule has 0 bridgehead atoms. The predicted octanol–water partition coefficient (Wildman–Crippen LogP) is 2.78. The van der Waals surface area contributed by atoms with Crippen molar-refractivity contribution in [2.45, 2.75) is 13.1 Å². The summed E-state index contributed by atoms with van der Waals surface area (Å²) in [6, 6.07) is 8.44. The molecule has 0 heterocycles. The Morgan fingerprint density at radius 2 is 1.89 bits per heavy atom. The molecule has 0 aliphatic carbocycles. The maximum Gasteiger partial charge on any atom is 0.403 e. The molecular weight excluding hydrogens is 247 g/mol. The van der Waals surface area contributed by atoms with Crippen molar-refractivity contribution in [1.29, 1.82) is 0 Å². The molecule has 1 aromatic carbocycles. The Hall–Kier alpha value is -1.72. The molecular formula is C12H14F3NO2. The van der Waals surface area contributed by atoms with E-state index in [1.54, 1.807) is 37.3 Å². The van der Waals surface area contributed by atoms with Crippen LogP contribution in [0.4, 0.5) is 18.9 Å². The van der Waals surface area contributed by atoms with E-state index in [1.165, 1.54) is 4.90 Å². The lowest BCUT2D eigenvalue weighted by Crippen LogP contribution is -2.41. The molecule has 6 heteroatoms. The summed E-state index contributed by atoms with van der Waals surface area (Å²) in [7, 11) is 0. The van der Waals surface area contributed by atoms with Crippen molar-refractivity contribution in [1.82, 2.24) is 0 Å². The summed E-state index contributed by atoms with van der Waals surface area (Å²) in [5.41, 5.74) is 0.579. The fourth-order valence-corrected chi connectivity index (χ4v) is 1.60. The van der Waals surface area contributed by atoms with Crippen LogP contribution in [0, 0.1) is 5.92 Å². The first-order valence-corrected chi connectivity index (χ1v) is 5.45. The zero-order valence-electron chi connectivity index (χ0n) is 9.81. The van der Waals surface area contributed by atoms with Crippen molar-refractivity contribution in [3.05, 3.63) is 30.3 Å². The Balaban J connectivity index is 2.88. The number of hydrogen-bond acceptors (Lipinski definition) is 2. The lowest BCUT2D eigenvalue weighted by atomic mass is 10.1. The normalized spacial score (nSPS) is 13.1. The van der Waals surface area contributed by atoms with E-state index in [0.717, 1.165) is 0 Å². The zero-order chi connectivity index (χ0) is 13.8. The van der Waals surface area contributed by atoms with Gasteiger partial charge in [-0.05, 0) is 19.1 Å². The van der Waals surface area contributed by atoms with Crippen molar-refractivity contribution < 1.29 is 23.1 Å². The van der Waals surface area contributed by atoms with E-state index in [1.807, 2.05) is 0 Å². The minimum atomic E-state index is -4.74. The number of hydrogen-bond donors (Lipinski definition) is 1. The highest BCUT2D eigenvalue weighted by Crippen LogP contribution is 2.28. The summed E-state index contributed by atoms with van der Waals surface area (Å²) in [5, 5.41) is 8.65. The minimum absolute atomic E-state index is 0.309. The van der Waals surface area contributed by atoms with Crippen molar-refractivity contribution in [3.8, 4) is 0 Å². The van der Waals surface area contributed by atoms with Gasteiger partial charge < -0.3 is 10.0 Å². The molecule has 1 rings (SSSR count). The number of alkyl halides is 3. The highest BCUT2D eigenvalue weighted by molar-refractivity contribution is 5.72. The maximum atomic E-state index is 12.6. The predicted molar refractivity (Wildman–Crippen MR) is 61.5 cm³/mol. The number of rotatable bonds is 5. The van der Waals surface area contributed by atoms with Crippen LogP contribution >= 0.6 is 0 Å². The number of benzene rings is 1. The molecule has 100 valence electrons. The zero-order valence-corrected chi connectivity index (χ0v) is 9.81. The van der Waals surface area contributed by atoms with Crippen LogP contribution in [0.2, 0.25) is 0 Å². The molecule has 0 radical (unpaired) electrons. The number of halogens is 3. The van der Waals surface area contributed by atoms with Gasteiger partial charge in [-0.3, -0.25) is 4.79 Å². The average molecular weight is 261 g/mol. The number of nitrogens with zero attached hydrogens (tertiary/aromatic N) is 1. The van der Waals surface area contributed by atoms with Gasteiger partial charge >= 0.3 is 12.1 Å². The summed E-state index contributed by atoms with van der Waals surface area (Å²) in [6.07, 6.45) is -4.74. The molecule has 0 spiro atoms. The van der Waals surface area contributed by atoms with E-state index in [4.69, 9.17) is 5.11 Å². The quantitative estimate of drug-likeness (QED) is 0.886. The van der Waals surface area contributed by atoms with Gasteiger partial charge in [-0.15, -0.1) is 0 Å². The Labute approximate surface area is 103 Å². The standard InChI is InChI=1S/C12H14F3NO2/c1-2-16(9-6-4-3-5-7-9)8-10(11(17)18)12(13,14)15/h3-7,10H,2,8H2,1H3,(H,17,18). The number of aliphatic carboxylic acids is 1. The number of para-hydroxylation sites is 1. The van der Waals surface area contributed by atoms with Gasteiger partial charge in [0.2, 0.25) is 0 Å². The molecule has 1 atom stereocenters. The number of carbonyl (C=O) groups is 1. The highest BCUT2D eigenvalue weighted by Gasteiger charge is 2.45. The molecule has 1 unspecified atom stereocenters. The van der Waals surface area contributed by atoms with Crippen LogP contribution in [0.5, 0.6) is 0 Å². The molecule has 0 aliphatic rings. The second-order valence-electron chi connectivity index (χ2n) is 3.81. The van der Waals surface area contributed by atoms with E-state index >= 15 is 0 Å². The Morgan fingerprint density at radius 3 is 2.28 bits per heavy atom. The number of anilines is 1.